The van der Waals surface area contributed by atoms with Crippen molar-refractivity contribution in [1.82, 2.24) is 9.71 Å². The van der Waals surface area contributed by atoms with E-state index in [0.29, 0.717) is 17.9 Å². The maximum atomic E-state index is 9.81. The lowest BCUT2D eigenvalue weighted by atomic mass is 10.0. The Hall–Kier alpha value is -1.72. The van der Waals surface area contributed by atoms with Crippen LogP contribution >= 0.6 is 0 Å². The van der Waals surface area contributed by atoms with Crippen LogP contribution in [0.4, 0.5) is 5.95 Å². The molecule has 0 fully saturated rings. The number of aromatic nitrogens is 2. The van der Waals surface area contributed by atoms with E-state index in [9.17, 15) is 5.21 Å². The van der Waals surface area contributed by atoms with Gasteiger partial charge in [0, 0.05) is 12.6 Å². The Morgan fingerprint density at radius 1 is 0.926 bits per heavy atom. The van der Waals surface area contributed by atoms with E-state index in [1.54, 1.807) is 6.07 Å². The molecule has 1 heterocycles. The van der Waals surface area contributed by atoms with Crippen LogP contribution in [0, 0.1) is 0 Å². The Labute approximate surface area is 164 Å². The highest BCUT2D eigenvalue weighted by molar-refractivity contribution is 5.21. The highest BCUT2D eigenvalue weighted by Gasteiger charge is 2.02. The Morgan fingerprint density at radius 2 is 1.41 bits per heavy atom. The molecule has 0 radical (unpaired) electrons. The number of rotatable bonds is 16. The summed E-state index contributed by atoms with van der Waals surface area (Å²) >= 11 is 0. The van der Waals surface area contributed by atoms with Crippen LogP contribution in [0.1, 0.15) is 96.8 Å². The molecule has 27 heavy (non-hydrogen) atoms. The van der Waals surface area contributed by atoms with Crippen molar-refractivity contribution in [3.63, 3.8) is 0 Å². The first kappa shape index (κ1) is 23.3. The van der Waals surface area contributed by atoms with Crippen LogP contribution < -0.4 is 16.0 Å². The van der Waals surface area contributed by atoms with Gasteiger partial charge in [-0.05, 0) is 6.42 Å². The quantitative estimate of drug-likeness (QED) is 0.309. The number of nitrogens with zero attached hydrogens (tertiary/aromatic N) is 3. The van der Waals surface area contributed by atoms with Crippen molar-refractivity contribution in [1.29, 1.82) is 0 Å². The summed E-state index contributed by atoms with van der Waals surface area (Å²) in [5, 5.41) is 9.81. The summed E-state index contributed by atoms with van der Waals surface area (Å²) in [7, 11) is 1.51. The summed E-state index contributed by atoms with van der Waals surface area (Å²) in [6.07, 6.45) is 18.7. The lowest BCUT2D eigenvalue weighted by Gasteiger charge is -2.05. The van der Waals surface area contributed by atoms with Crippen LogP contribution in [0.25, 0.3) is 0 Å². The molecular weight excluding hydrogens is 340 g/mol. The van der Waals surface area contributed by atoms with E-state index in [4.69, 9.17) is 10.5 Å². The molecule has 3 N–H and O–H groups in total. The molecule has 0 saturated heterocycles. The normalized spacial score (nSPS) is 11.9. The summed E-state index contributed by atoms with van der Waals surface area (Å²) in [4.78, 5) is 8.26. The number of hydrogen-bond acceptors (Lipinski definition) is 5. The fourth-order valence-corrected chi connectivity index (χ4v) is 3.20. The van der Waals surface area contributed by atoms with E-state index < -0.39 is 0 Å². The minimum atomic E-state index is -0.0194. The minimum Gasteiger partial charge on any atom is -0.481 e. The van der Waals surface area contributed by atoms with Gasteiger partial charge in [-0.1, -0.05) is 90.4 Å². The van der Waals surface area contributed by atoms with Crippen molar-refractivity contribution < 1.29 is 9.94 Å². The largest absolute Gasteiger partial charge is 0.481 e. The maximum Gasteiger partial charge on any atom is 0.239 e. The fraction of sp³-hybridized carbons (Fsp3) is 0.810. The van der Waals surface area contributed by atoms with Gasteiger partial charge in [-0.2, -0.15) is 4.98 Å². The third-order valence-electron chi connectivity index (χ3n) is 4.91. The average Bonchev–Trinajstić information content (AvgIpc) is 2.67. The molecule has 0 aliphatic carbocycles. The second-order valence-electron chi connectivity index (χ2n) is 7.30. The monoisotopic (exact) mass is 380 g/mol. The standard InChI is InChI=1S/C21H40N4O2/c1-3-4-5-6-7-8-9-10-11-12-13-14-15-16-17-23-19-18-20(27-2)24-21(22)25(19)26/h18,26H,3-17H2,1-2H3,(H2,22,24). The molecular formula is C21H40N4O2. The molecule has 0 spiro atoms. The molecule has 156 valence electrons. The number of ether oxygens (including phenoxy) is 1. The first-order valence-corrected chi connectivity index (χ1v) is 10.8. The molecule has 1 aromatic rings. The predicted molar refractivity (Wildman–Crippen MR) is 111 cm³/mol. The number of nitrogens with two attached hydrogens (primary N) is 1. The number of methoxy groups -OCH3 is 1. The first-order valence-electron chi connectivity index (χ1n) is 10.8. The van der Waals surface area contributed by atoms with Crippen LogP contribution in [-0.2, 0) is 0 Å². The van der Waals surface area contributed by atoms with E-state index in [1.807, 2.05) is 0 Å². The third-order valence-corrected chi connectivity index (χ3v) is 4.91. The van der Waals surface area contributed by atoms with Crippen LogP contribution in [-0.4, -0.2) is 28.6 Å². The van der Waals surface area contributed by atoms with Gasteiger partial charge in [0.15, 0.2) is 5.49 Å². The number of unbranched alkanes of at least 4 members (excludes halogenated alkanes) is 13. The van der Waals surface area contributed by atoms with E-state index in [1.165, 1.54) is 90.6 Å². The molecule has 0 unspecified atom stereocenters. The maximum absolute atomic E-state index is 9.81. The molecule has 1 rings (SSSR count). The molecule has 0 amide bonds. The summed E-state index contributed by atoms with van der Waals surface area (Å²) < 4.78 is 5.84. The number of hydrogen-bond donors (Lipinski definition) is 2. The Bertz CT molecular complexity index is 558. The molecule has 6 heteroatoms. The SMILES string of the molecule is CCCCCCCCCCCCCCCCN=c1cc(OC)nc(N)n1O. The van der Waals surface area contributed by atoms with Crippen molar-refractivity contribution >= 4 is 5.95 Å². The second kappa shape index (κ2) is 15.3. The molecule has 0 aliphatic rings. The Balaban J connectivity index is 2.00. The molecule has 1 aromatic heterocycles. The Kier molecular flexibility index (Phi) is 13.3. The first-order chi connectivity index (χ1) is 13.2. The third kappa shape index (κ3) is 10.9. The van der Waals surface area contributed by atoms with Gasteiger partial charge in [0.1, 0.15) is 0 Å². The topological polar surface area (TPSA) is 85.7 Å². The van der Waals surface area contributed by atoms with Gasteiger partial charge in [-0.25, -0.2) is 0 Å². The van der Waals surface area contributed by atoms with Crippen LogP contribution in [0.15, 0.2) is 11.1 Å². The Morgan fingerprint density at radius 3 is 1.89 bits per heavy atom. The van der Waals surface area contributed by atoms with Crippen LogP contribution in [0.5, 0.6) is 5.88 Å². The van der Waals surface area contributed by atoms with Gasteiger partial charge in [0.05, 0.1) is 7.11 Å². The number of nitrogen functional groups attached to an aromatic ring is 1. The summed E-state index contributed by atoms with van der Waals surface area (Å²) in [5.74, 6) is 0.339. The van der Waals surface area contributed by atoms with Crippen molar-refractivity contribution in [2.24, 2.45) is 4.99 Å². The summed E-state index contributed by atoms with van der Waals surface area (Å²) in [5.41, 5.74) is 6.00. The molecule has 0 bridgehead atoms. The highest BCUT2D eigenvalue weighted by Crippen LogP contribution is 2.13. The average molecular weight is 381 g/mol. The van der Waals surface area contributed by atoms with E-state index in [-0.39, 0.29) is 5.95 Å². The van der Waals surface area contributed by atoms with Gasteiger partial charge in [0.25, 0.3) is 0 Å². The van der Waals surface area contributed by atoms with Gasteiger partial charge in [-0.15, -0.1) is 4.73 Å². The van der Waals surface area contributed by atoms with Gasteiger partial charge in [-0.3, -0.25) is 4.99 Å². The van der Waals surface area contributed by atoms with Crippen molar-refractivity contribution in [2.45, 2.75) is 96.8 Å². The van der Waals surface area contributed by atoms with E-state index in [0.717, 1.165) is 11.2 Å². The van der Waals surface area contributed by atoms with Gasteiger partial charge in [0.2, 0.25) is 11.8 Å². The second-order valence-corrected chi connectivity index (χ2v) is 7.30. The predicted octanol–water partition coefficient (Wildman–Crippen LogP) is 5.09. The van der Waals surface area contributed by atoms with E-state index >= 15 is 0 Å². The highest BCUT2D eigenvalue weighted by atomic mass is 16.5. The van der Waals surface area contributed by atoms with Crippen LogP contribution in [0.2, 0.25) is 0 Å². The number of anilines is 1. The zero-order valence-electron chi connectivity index (χ0n) is 17.5. The minimum absolute atomic E-state index is 0.0194. The molecule has 0 aromatic carbocycles. The lowest BCUT2D eigenvalue weighted by molar-refractivity contribution is 0.173. The molecule has 6 nitrogen and oxygen atoms in total. The van der Waals surface area contributed by atoms with Gasteiger partial charge < -0.3 is 15.7 Å². The molecule has 0 atom stereocenters. The zero-order chi connectivity index (χ0) is 19.7. The van der Waals surface area contributed by atoms with Crippen LogP contribution in [0.3, 0.4) is 0 Å². The summed E-state index contributed by atoms with van der Waals surface area (Å²) in [6.45, 7) is 2.94. The smallest absolute Gasteiger partial charge is 0.239 e. The van der Waals surface area contributed by atoms with Gasteiger partial charge >= 0.3 is 0 Å². The van der Waals surface area contributed by atoms with Crippen molar-refractivity contribution in [3.05, 3.63) is 11.6 Å². The molecule has 0 aliphatic heterocycles. The zero-order valence-corrected chi connectivity index (χ0v) is 17.5. The van der Waals surface area contributed by atoms with E-state index in [2.05, 4.69) is 16.9 Å². The lowest BCUT2D eigenvalue weighted by Crippen LogP contribution is -2.23. The fourth-order valence-electron chi connectivity index (χ4n) is 3.20. The summed E-state index contributed by atoms with van der Waals surface area (Å²) in [6, 6.07) is 1.58. The van der Waals surface area contributed by atoms with Crippen molar-refractivity contribution in [2.75, 3.05) is 19.4 Å². The van der Waals surface area contributed by atoms with Crippen molar-refractivity contribution in [3.8, 4) is 5.88 Å². The molecule has 0 saturated carbocycles.